The zero-order valence-corrected chi connectivity index (χ0v) is 18.8. The molecule has 156 valence electrons. The van der Waals surface area contributed by atoms with Crippen LogP contribution in [0.1, 0.15) is 38.0 Å². The Balaban J connectivity index is 1.79. The van der Waals surface area contributed by atoms with Gasteiger partial charge in [0, 0.05) is 32.7 Å². The lowest BCUT2D eigenvalue weighted by Gasteiger charge is -2.19. The van der Waals surface area contributed by atoms with Crippen molar-refractivity contribution in [2.75, 3.05) is 10.6 Å². The van der Waals surface area contributed by atoms with Crippen LogP contribution in [0.15, 0.2) is 79.0 Å². The predicted molar refractivity (Wildman–Crippen MR) is 128 cm³/mol. The Morgan fingerprint density at radius 3 is 2.39 bits per heavy atom. The summed E-state index contributed by atoms with van der Waals surface area (Å²) in [7, 11) is 0. The van der Waals surface area contributed by atoms with Crippen molar-refractivity contribution in [3.8, 4) is 0 Å². The fourth-order valence-corrected chi connectivity index (χ4v) is 4.84. The minimum atomic E-state index is -0.247. The summed E-state index contributed by atoms with van der Waals surface area (Å²) in [4.78, 5) is 17.3. The number of anilines is 2. The fraction of sp³-hybridized carbons (Fsp3) is 0.120. The second kappa shape index (κ2) is 9.33. The van der Waals surface area contributed by atoms with Crippen molar-refractivity contribution in [1.82, 2.24) is 0 Å². The SMILES string of the molecule is Cc1sc(NC(=O)c2ccccc2)c([C@@H](Nc2cccc[nH+]2)c2ccccc2Cl)c1C. The summed E-state index contributed by atoms with van der Waals surface area (Å²) in [5.74, 6) is 0.725. The first kappa shape index (κ1) is 21.1. The van der Waals surface area contributed by atoms with E-state index in [1.807, 2.05) is 79.0 Å². The number of H-pyrrole nitrogens is 1. The van der Waals surface area contributed by atoms with Crippen molar-refractivity contribution in [1.29, 1.82) is 0 Å². The van der Waals surface area contributed by atoms with E-state index in [9.17, 15) is 4.79 Å². The standard InChI is InChI=1S/C25H22ClN3OS/c1-16-17(2)31-25(29-24(30)18-10-4-3-5-11-18)22(16)23(19-12-6-7-13-20(19)26)28-21-14-8-9-15-27-21/h3-15,23H,1-2H3,(H,27,28)(H,29,30)/p+1/t23-/m0/s1. The summed E-state index contributed by atoms with van der Waals surface area (Å²) in [6.45, 7) is 4.15. The highest BCUT2D eigenvalue weighted by molar-refractivity contribution is 7.16. The quantitative estimate of drug-likeness (QED) is 0.364. The number of hydrogen-bond acceptors (Lipinski definition) is 3. The molecule has 2 aromatic carbocycles. The number of halogens is 1. The molecule has 2 heterocycles. The Bertz CT molecular complexity index is 1190. The molecule has 0 aliphatic carbocycles. The highest BCUT2D eigenvalue weighted by atomic mass is 35.5. The number of aromatic nitrogens is 1. The van der Waals surface area contributed by atoms with Gasteiger partial charge in [0.15, 0.2) is 0 Å². The summed E-state index contributed by atoms with van der Waals surface area (Å²) < 4.78 is 0. The van der Waals surface area contributed by atoms with E-state index in [-0.39, 0.29) is 11.9 Å². The van der Waals surface area contributed by atoms with Gasteiger partial charge in [0.05, 0.1) is 6.20 Å². The lowest BCUT2D eigenvalue weighted by molar-refractivity contribution is -0.361. The van der Waals surface area contributed by atoms with Gasteiger partial charge < -0.3 is 5.32 Å². The molecule has 0 aliphatic rings. The van der Waals surface area contributed by atoms with Crippen LogP contribution in [0.3, 0.4) is 0 Å². The van der Waals surface area contributed by atoms with E-state index in [2.05, 4.69) is 29.5 Å². The van der Waals surface area contributed by atoms with Crippen molar-refractivity contribution in [3.63, 3.8) is 0 Å². The summed E-state index contributed by atoms with van der Waals surface area (Å²) in [5, 5.41) is 8.19. The number of amides is 1. The van der Waals surface area contributed by atoms with Gasteiger partial charge in [-0.05, 0) is 43.7 Å². The zero-order chi connectivity index (χ0) is 21.8. The van der Waals surface area contributed by atoms with Crippen LogP contribution < -0.4 is 15.6 Å². The largest absolute Gasteiger partial charge is 0.313 e. The molecule has 3 N–H and O–H groups in total. The average molecular weight is 449 g/mol. The van der Waals surface area contributed by atoms with Crippen molar-refractivity contribution in [3.05, 3.63) is 111 Å². The molecule has 4 nitrogen and oxygen atoms in total. The maximum atomic E-state index is 12.9. The first-order chi connectivity index (χ1) is 15.0. The molecule has 6 heteroatoms. The summed E-state index contributed by atoms with van der Waals surface area (Å²) in [6, 6.07) is 22.7. The molecule has 4 aromatic rings. The van der Waals surface area contributed by atoms with Crippen molar-refractivity contribution >= 4 is 39.7 Å². The molecule has 0 aliphatic heterocycles. The molecule has 0 saturated heterocycles. The Labute approximate surface area is 190 Å². The molecule has 0 unspecified atom stereocenters. The first-order valence-electron chi connectivity index (χ1n) is 9.98. The number of nitrogens with one attached hydrogen (secondary N) is 3. The number of aromatic amines is 1. The average Bonchev–Trinajstić information content (AvgIpc) is 3.07. The number of rotatable bonds is 6. The third-order valence-electron chi connectivity index (χ3n) is 5.21. The number of aryl methyl sites for hydroxylation is 1. The summed E-state index contributed by atoms with van der Waals surface area (Å²) in [6.07, 6.45) is 1.87. The summed E-state index contributed by atoms with van der Waals surface area (Å²) in [5.41, 5.74) is 3.70. The van der Waals surface area contributed by atoms with Gasteiger partial charge in [0.1, 0.15) is 11.0 Å². The maximum Gasteiger partial charge on any atom is 0.272 e. The van der Waals surface area contributed by atoms with Gasteiger partial charge >= 0.3 is 0 Å². The molecule has 0 saturated carbocycles. The van der Waals surface area contributed by atoms with E-state index in [1.165, 1.54) is 0 Å². The second-order valence-electron chi connectivity index (χ2n) is 7.22. The van der Waals surface area contributed by atoms with Crippen molar-refractivity contribution < 1.29 is 9.78 Å². The van der Waals surface area contributed by atoms with Gasteiger partial charge in [-0.25, -0.2) is 4.98 Å². The van der Waals surface area contributed by atoms with E-state index in [0.717, 1.165) is 32.4 Å². The third-order valence-corrected chi connectivity index (χ3v) is 6.69. The molecule has 0 fully saturated rings. The van der Waals surface area contributed by atoms with Crippen LogP contribution in [0.25, 0.3) is 0 Å². The number of pyridine rings is 1. The van der Waals surface area contributed by atoms with Gasteiger partial charge in [-0.2, -0.15) is 0 Å². The molecule has 1 atom stereocenters. The van der Waals surface area contributed by atoms with Crippen LogP contribution in [0.2, 0.25) is 5.02 Å². The van der Waals surface area contributed by atoms with Gasteiger partial charge in [-0.1, -0.05) is 54.1 Å². The molecule has 2 aromatic heterocycles. The van der Waals surface area contributed by atoms with Gasteiger partial charge in [0.25, 0.3) is 11.7 Å². The Kier molecular flexibility index (Phi) is 6.35. The Morgan fingerprint density at radius 2 is 1.68 bits per heavy atom. The number of benzene rings is 2. The monoisotopic (exact) mass is 448 g/mol. The second-order valence-corrected chi connectivity index (χ2v) is 8.85. The van der Waals surface area contributed by atoms with Gasteiger partial charge in [-0.3, -0.25) is 10.1 Å². The molecule has 4 rings (SSSR count). The molecule has 1 amide bonds. The van der Waals surface area contributed by atoms with E-state index < -0.39 is 0 Å². The number of hydrogen-bond donors (Lipinski definition) is 2. The van der Waals surface area contributed by atoms with Crippen LogP contribution in [-0.2, 0) is 0 Å². The lowest BCUT2D eigenvalue weighted by atomic mass is 9.96. The van der Waals surface area contributed by atoms with Gasteiger partial charge in [0.2, 0.25) is 0 Å². The van der Waals surface area contributed by atoms with E-state index in [0.29, 0.717) is 10.6 Å². The van der Waals surface area contributed by atoms with E-state index in [4.69, 9.17) is 11.6 Å². The molecule has 0 bridgehead atoms. The molecule has 31 heavy (non-hydrogen) atoms. The van der Waals surface area contributed by atoms with Crippen molar-refractivity contribution in [2.24, 2.45) is 0 Å². The van der Waals surface area contributed by atoms with E-state index in [1.54, 1.807) is 11.3 Å². The minimum Gasteiger partial charge on any atom is -0.313 e. The number of carbonyl (C=O) groups is 1. The molecule has 0 spiro atoms. The Hall–Kier alpha value is -3.15. The first-order valence-corrected chi connectivity index (χ1v) is 11.2. The lowest BCUT2D eigenvalue weighted by Crippen LogP contribution is -2.21. The molecule has 0 radical (unpaired) electrons. The van der Waals surface area contributed by atoms with Crippen LogP contribution in [0.5, 0.6) is 0 Å². The van der Waals surface area contributed by atoms with Crippen LogP contribution in [-0.4, -0.2) is 5.91 Å². The Morgan fingerprint density at radius 1 is 0.968 bits per heavy atom. The van der Waals surface area contributed by atoms with Gasteiger partial charge in [-0.15, -0.1) is 11.3 Å². The number of carbonyl (C=O) groups excluding carboxylic acids is 1. The molecular formula is C25H23ClN3OS+. The highest BCUT2D eigenvalue weighted by Gasteiger charge is 2.29. The fourth-order valence-electron chi connectivity index (χ4n) is 3.50. The van der Waals surface area contributed by atoms with Crippen LogP contribution >= 0.6 is 22.9 Å². The van der Waals surface area contributed by atoms with E-state index >= 15 is 0 Å². The zero-order valence-electron chi connectivity index (χ0n) is 17.3. The van der Waals surface area contributed by atoms with Crippen LogP contribution in [0.4, 0.5) is 10.8 Å². The third kappa shape index (κ3) is 4.63. The summed E-state index contributed by atoms with van der Waals surface area (Å²) >= 11 is 8.19. The smallest absolute Gasteiger partial charge is 0.272 e. The predicted octanol–water partition coefficient (Wildman–Crippen LogP) is 6.29. The normalized spacial score (nSPS) is 11.7. The highest BCUT2D eigenvalue weighted by Crippen LogP contribution is 2.42. The topological polar surface area (TPSA) is 55.3 Å². The van der Waals surface area contributed by atoms with Crippen molar-refractivity contribution in [2.45, 2.75) is 19.9 Å². The number of thiophene rings is 1. The minimum absolute atomic E-state index is 0.132. The molecular weight excluding hydrogens is 426 g/mol. The maximum absolute atomic E-state index is 12.9. The van der Waals surface area contributed by atoms with Crippen LogP contribution in [0, 0.1) is 13.8 Å².